The Kier molecular flexibility index (Phi) is 6.96. The number of aliphatic hydroxyl groups excluding tert-OH is 1. The summed E-state index contributed by atoms with van der Waals surface area (Å²) in [5.41, 5.74) is 1.35. The van der Waals surface area contributed by atoms with Crippen molar-refractivity contribution in [3.8, 4) is 0 Å². The van der Waals surface area contributed by atoms with Gasteiger partial charge in [0.25, 0.3) is 0 Å². The van der Waals surface area contributed by atoms with E-state index in [0.717, 1.165) is 39.3 Å². The highest BCUT2D eigenvalue weighted by molar-refractivity contribution is 9.10. The molecule has 1 saturated heterocycles. The van der Waals surface area contributed by atoms with Crippen LogP contribution in [0.15, 0.2) is 28.7 Å². The van der Waals surface area contributed by atoms with Crippen molar-refractivity contribution in [2.75, 3.05) is 52.5 Å². The second kappa shape index (κ2) is 8.74. The van der Waals surface area contributed by atoms with Crippen LogP contribution in [0.2, 0.25) is 0 Å². The van der Waals surface area contributed by atoms with Gasteiger partial charge in [0.15, 0.2) is 0 Å². The quantitative estimate of drug-likeness (QED) is 0.763. The van der Waals surface area contributed by atoms with Crippen molar-refractivity contribution in [1.29, 1.82) is 0 Å². The lowest BCUT2D eigenvalue weighted by Crippen LogP contribution is -2.46. The first-order chi connectivity index (χ1) is 9.79. The van der Waals surface area contributed by atoms with Crippen LogP contribution in [0.5, 0.6) is 0 Å². The first-order valence-electron chi connectivity index (χ1n) is 7.16. The Morgan fingerprint density at radius 2 is 1.75 bits per heavy atom. The Morgan fingerprint density at radius 1 is 1.05 bits per heavy atom. The number of ether oxygens (including phenoxy) is 1. The second-order valence-electron chi connectivity index (χ2n) is 5.05. The molecule has 20 heavy (non-hydrogen) atoms. The maximum atomic E-state index is 8.65. The molecule has 1 fully saturated rings. The third-order valence-electron chi connectivity index (χ3n) is 3.60. The maximum absolute atomic E-state index is 8.65. The van der Waals surface area contributed by atoms with E-state index in [4.69, 9.17) is 9.84 Å². The molecule has 112 valence electrons. The maximum Gasteiger partial charge on any atom is 0.0698 e. The molecule has 0 radical (unpaired) electrons. The van der Waals surface area contributed by atoms with Gasteiger partial charge in [-0.25, -0.2) is 0 Å². The highest BCUT2D eigenvalue weighted by Crippen LogP contribution is 2.18. The molecule has 1 aliphatic heterocycles. The van der Waals surface area contributed by atoms with Gasteiger partial charge in [0.1, 0.15) is 0 Å². The summed E-state index contributed by atoms with van der Waals surface area (Å²) in [6, 6.07) is 8.43. The Bertz CT molecular complexity index is 395. The lowest BCUT2D eigenvalue weighted by atomic mass is 10.2. The molecule has 0 amide bonds. The van der Waals surface area contributed by atoms with E-state index in [-0.39, 0.29) is 6.61 Å². The van der Waals surface area contributed by atoms with Gasteiger partial charge >= 0.3 is 0 Å². The Balaban J connectivity index is 1.68. The molecule has 0 bridgehead atoms. The SMILES string of the molecule is OCCOCCN1CCN(Cc2ccccc2Br)CC1. The molecule has 1 aromatic rings. The molecule has 0 aromatic heterocycles. The smallest absolute Gasteiger partial charge is 0.0698 e. The third kappa shape index (κ3) is 5.14. The van der Waals surface area contributed by atoms with Gasteiger partial charge < -0.3 is 9.84 Å². The molecule has 0 spiro atoms. The van der Waals surface area contributed by atoms with E-state index in [1.807, 2.05) is 0 Å². The number of hydrogen-bond acceptors (Lipinski definition) is 4. The first kappa shape index (κ1) is 15.9. The molecule has 0 aliphatic carbocycles. The predicted octanol–water partition coefficient (Wildman–Crippen LogP) is 1.58. The van der Waals surface area contributed by atoms with Crippen LogP contribution in [0.1, 0.15) is 5.56 Å². The molecule has 0 unspecified atom stereocenters. The molecule has 4 nitrogen and oxygen atoms in total. The second-order valence-corrected chi connectivity index (χ2v) is 5.90. The van der Waals surface area contributed by atoms with E-state index in [9.17, 15) is 0 Å². The predicted molar refractivity (Wildman–Crippen MR) is 83.8 cm³/mol. The number of hydrogen-bond donors (Lipinski definition) is 1. The Hall–Kier alpha value is -0.460. The number of nitrogens with zero attached hydrogens (tertiary/aromatic N) is 2. The summed E-state index contributed by atoms with van der Waals surface area (Å²) in [5, 5.41) is 8.65. The van der Waals surface area contributed by atoms with Crippen LogP contribution in [0, 0.1) is 0 Å². The van der Waals surface area contributed by atoms with Crippen molar-refractivity contribution >= 4 is 15.9 Å². The Morgan fingerprint density at radius 3 is 2.45 bits per heavy atom. The van der Waals surface area contributed by atoms with Crippen molar-refractivity contribution in [2.24, 2.45) is 0 Å². The van der Waals surface area contributed by atoms with Gasteiger partial charge in [-0.2, -0.15) is 0 Å². The largest absolute Gasteiger partial charge is 0.394 e. The fourth-order valence-corrected chi connectivity index (χ4v) is 2.81. The molecular weight excluding hydrogens is 320 g/mol. The zero-order valence-corrected chi connectivity index (χ0v) is 13.4. The molecule has 1 aliphatic rings. The molecule has 1 heterocycles. The molecule has 2 rings (SSSR count). The zero-order valence-electron chi connectivity index (χ0n) is 11.8. The van der Waals surface area contributed by atoms with Gasteiger partial charge in [-0.1, -0.05) is 34.1 Å². The highest BCUT2D eigenvalue weighted by Gasteiger charge is 2.17. The average Bonchev–Trinajstić information content (AvgIpc) is 2.48. The summed E-state index contributed by atoms with van der Waals surface area (Å²) in [4.78, 5) is 4.92. The van der Waals surface area contributed by atoms with Crippen LogP contribution in [0.3, 0.4) is 0 Å². The van der Waals surface area contributed by atoms with Gasteiger partial charge in [-0.15, -0.1) is 0 Å². The number of halogens is 1. The lowest BCUT2D eigenvalue weighted by Gasteiger charge is -2.34. The van der Waals surface area contributed by atoms with Crippen LogP contribution in [-0.2, 0) is 11.3 Å². The summed E-state index contributed by atoms with van der Waals surface area (Å²) in [6.07, 6.45) is 0. The molecule has 0 saturated carbocycles. The van der Waals surface area contributed by atoms with E-state index in [1.165, 1.54) is 10.0 Å². The molecular formula is C15H23BrN2O2. The van der Waals surface area contributed by atoms with Crippen LogP contribution < -0.4 is 0 Å². The van der Waals surface area contributed by atoms with Gasteiger partial charge in [0.2, 0.25) is 0 Å². The highest BCUT2D eigenvalue weighted by atomic mass is 79.9. The van der Waals surface area contributed by atoms with Gasteiger partial charge in [-0.3, -0.25) is 9.80 Å². The van der Waals surface area contributed by atoms with Gasteiger partial charge in [0.05, 0.1) is 19.8 Å². The van der Waals surface area contributed by atoms with Crippen molar-refractivity contribution < 1.29 is 9.84 Å². The monoisotopic (exact) mass is 342 g/mol. The van der Waals surface area contributed by atoms with Crippen molar-refractivity contribution in [3.05, 3.63) is 34.3 Å². The van der Waals surface area contributed by atoms with E-state index in [0.29, 0.717) is 13.2 Å². The number of rotatable bonds is 7. The van der Waals surface area contributed by atoms with Gasteiger partial charge in [-0.05, 0) is 11.6 Å². The molecule has 1 N–H and O–H groups in total. The van der Waals surface area contributed by atoms with Crippen LogP contribution in [0.25, 0.3) is 0 Å². The Labute approximate surface area is 129 Å². The topological polar surface area (TPSA) is 35.9 Å². The third-order valence-corrected chi connectivity index (χ3v) is 4.38. The minimum atomic E-state index is 0.111. The van der Waals surface area contributed by atoms with Gasteiger partial charge in [0, 0.05) is 43.7 Å². The fraction of sp³-hybridized carbons (Fsp3) is 0.600. The first-order valence-corrected chi connectivity index (χ1v) is 7.95. The van der Waals surface area contributed by atoms with Crippen molar-refractivity contribution in [3.63, 3.8) is 0 Å². The van der Waals surface area contributed by atoms with E-state index in [1.54, 1.807) is 0 Å². The normalized spacial score (nSPS) is 17.5. The van der Waals surface area contributed by atoms with E-state index >= 15 is 0 Å². The standard InChI is InChI=1S/C15H23BrN2O2/c16-15-4-2-1-3-14(15)13-18-7-5-17(6-8-18)9-11-20-12-10-19/h1-4,19H,5-13H2. The molecule has 5 heteroatoms. The fourth-order valence-electron chi connectivity index (χ4n) is 2.40. The van der Waals surface area contributed by atoms with Crippen LogP contribution in [0.4, 0.5) is 0 Å². The summed E-state index contributed by atoms with van der Waals surface area (Å²) in [5.74, 6) is 0. The van der Waals surface area contributed by atoms with E-state index < -0.39 is 0 Å². The minimum absolute atomic E-state index is 0.111. The van der Waals surface area contributed by atoms with Crippen LogP contribution in [-0.4, -0.2) is 67.5 Å². The van der Waals surface area contributed by atoms with Crippen molar-refractivity contribution in [1.82, 2.24) is 9.80 Å². The van der Waals surface area contributed by atoms with Crippen molar-refractivity contribution in [2.45, 2.75) is 6.54 Å². The zero-order chi connectivity index (χ0) is 14.2. The number of aliphatic hydroxyl groups is 1. The summed E-state index contributed by atoms with van der Waals surface area (Å²) in [6.45, 7) is 7.62. The van der Waals surface area contributed by atoms with E-state index in [2.05, 4.69) is 50.0 Å². The van der Waals surface area contributed by atoms with Crippen LogP contribution >= 0.6 is 15.9 Å². The summed E-state index contributed by atoms with van der Waals surface area (Å²) >= 11 is 3.61. The minimum Gasteiger partial charge on any atom is -0.394 e. The summed E-state index contributed by atoms with van der Waals surface area (Å²) < 4.78 is 6.51. The molecule has 1 aromatic carbocycles. The lowest BCUT2D eigenvalue weighted by molar-refractivity contribution is 0.0563. The average molecular weight is 343 g/mol. The molecule has 0 atom stereocenters. The summed E-state index contributed by atoms with van der Waals surface area (Å²) in [7, 11) is 0. The number of benzene rings is 1. The number of piperazine rings is 1.